The number of aryl methyl sites for hydroxylation is 8. The van der Waals surface area contributed by atoms with Crippen molar-refractivity contribution < 1.29 is 115 Å². The summed E-state index contributed by atoms with van der Waals surface area (Å²) in [6.07, 6.45) is -15.4. The molecule has 0 bridgehead atoms. The van der Waals surface area contributed by atoms with Gasteiger partial charge in [0.05, 0.1) is 110 Å². The van der Waals surface area contributed by atoms with Crippen molar-refractivity contribution in [2.24, 2.45) is 45.4 Å². The van der Waals surface area contributed by atoms with Gasteiger partial charge in [-0.2, -0.15) is 52.7 Å². The number of carbonyl (C=O) groups is 8. The third-order valence-electron chi connectivity index (χ3n) is 26.6. The average molecular weight is 2170 g/mol. The maximum atomic E-state index is 13.4. The Bertz CT molecular complexity index is 7070. The molecule has 1 unspecified atom stereocenters. The molecule has 41 heteroatoms. The van der Waals surface area contributed by atoms with Crippen molar-refractivity contribution in [2.75, 3.05) is 86.4 Å². The van der Waals surface area contributed by atoms with Crippen LogP contribution in [0.4, 0.5) is 52.7 Å². The molecule has 768 valence electrons. The van der Waals surface area contributed by atoms with Crippen LogP contribution in [0.15, 0.2) is 121 Å². The molecule has 4 fully saturated rings. The number of likely N-dealkylation sites (tertiary alicyclic amines) is 4. The summed E-state index contributed by atoms with van der Waals surface area (Å²) in [7, 11) is 9.36. The summed E-state index contributed by atoms with van der Waals surface area (Å²) < 4.78 is 192. The number of ether oxygens (including phenoxy) is 5. The van der Waals surface area contributed by atoms with Gasteiger partial charge in [0.15, 0.2) is 0 Å². The molecular formula is C103H98Cl8F12N8O13. The maximum Gasteiger partial charge on any atom is 0.416 e. The molecule has 0 N–H and O–H groups in total. The highest BCUT2D eigenvalue weighted by Gasteiger charge is 2.50. The summed E-state index contributed by atoms with van der Waals surface area (Å²) in [5, 5.41) is 4.93. The molecule has 4 aromatic heterocycles. The van der Waals surface area contributed by atoms with E-state index >= 15 is 0 Å². The van der Waals surface area contributed by atoms with Gasteiger partial charge in [-0.15, -0.1) is 0 Å². The van der Waals surface area contributed by atoms with E-state index in [1.54, 1.807) is 141 Å². The number of amides is 4. The highest BCUT2D eigenvalue weighted by molar-refractivity contribution is 6.40. The number of hydrogen-bond acceptors (Lipinski definition) is 13. The van der Waals surface area contributed by atoms with Gasteiger partial charge < -0.3 is 61.6 Å². The van der Waals surface area contributed by atoms with Gasteiger partial charge in [-0.25, -0.2) is 4.79 Å². The Kier molecular flexibility index (Phi) is 33.7. The number of aromatic nitrogens is 4. The summed E-state index contributed by atoms with van der Waals surface area (Å²) in [6, 6.07) is 28.8. The van der Waals surface area contributed by atoms with E-state index in [9.17, 15) is 91.0 Å². The number of piperidine rings is 1. The minimum atomic E-state index is -4.45. The van der Waals surface area contributed by atoms with Crippen molar-refractivity contribution in [1.29, 1.82) is 0 Å². The van der Waals surface area contributed by atoms with Crippen LogP contribution >= 0.6 is 92.8 Å². The molecule has 21 nitrogen and oxygen atoms in total. The fourth-order valence-electron chi connectivity index (χ4n) is 18.3. The first kappa shape index (κ1) is 110. The van der Waals surface area contributed by atoms with Crippen LogP contribution in [0.3, 0.4) is 0 Å². The molecule has 12 aromatic rings. The molecule has 16 rings (SSSR count). The van der Waals surface area contributed by atoms with Crippen LogP contribution in [0.1, 0.15) is 171 Å². The first-order chi connectivity index (χ1) is 67.5. The van der Waals surface area contributed by atoms with Gasteiger partial charge in [0.25, 0.3) is 23.6 Å². The number of halogens is 20. The third-order valence-corrected chi connectivity index (χ3v) is 29.7. The second-order valence-electron chi connectivity index (χ2n) is 36.2. The zero-order chi connectivity index (χ0) is 106. The summed E-state index contributed by atoms with van der Waals surface area (Å²) in [4.78, 5) is 106. The van der Waals surface area contributed by atoms with Crippen LogP contribution in [0.2, 0.25) is 40.2 Å². The highest BCUT2D eigenvalue weighted by Crippen LogP contribution is 2.45. The topological polar surface area (TPSA) is 215 Å². The SMILES string of the molecule is CCOC(=O)C1(C)CN(C(=O)c2ccc(Cl)c(Cc3cc4c(C)cc(C(F)(F)F)cc4n3C)c2Cl)C1.CCOC(=O)COC1CCN(C(=O)c2ccc(Cl)c(Cc3cc4c(C)cc(C(F)(F)F)cc4n3C)c2Cl)CC1.COC(=O)C1CCN(C(=O)c2ccc(Cl)c(Cc3cc4c(C)cc(C(F)(F)F)cc4n3C)c2Cl)C1.COC(=O)C1CN(C(=O)c2ccc(Cl)c(Cc3cc4c(C)cc(C(F)(F)F)cc4n3C)c2Cl)C1. The van der Waals surface area contributed by atoms with Crippen LogP contribution in [0.25, 0.3) is 43.6 Å². The maximum absolute atomic E-state index is 13.4. The Morgan fingerprint density at radius 3 is 0.944 bits per heavy atom. The number of benzene rings is 8. The van der Waals surface area contributed by atoms with Crippen LogP contribution in [0, 0.1) is 44.9 Å². The van der Waals surface area contributed by atoms with Gasteiger partial charge >= 0.3 is 48.6 Å². The first-order valence-electron chi connectivity index (χ1n) is 45.3. The van der Waals surface area contributed by atoms with E-state index in [0.29, 0.717) is 175 Å². The Labute approximate surface area is 860 Å². The van der Waals surface area contributed by atoms with Crippen molar-refractivity contribution in [2.45, 2.75) is 124 Å². The molecule has 144 heavy (non-hydrogen) atoms. The van der Waals surface area contributed by atoms with Crippen LogP contribution in [-0.4, -0.2) is 178 Å². The molecule has 4 aliphatic heterocycles. The highest BCUT2D eigenvalue weighted by atomic mass is 35.5. The lowest BCUT2D eigenvalue weighted by atomic mass is 9.81. The van der Waals surface area contributed by atoms with Gasteiger partial charge in [0, 0.05) is 193 Å². The second kappa shape index (κ2) is 44.0. The number of rotatable bonds is 20. The molecule has 4 amide bonds. The summed E-state index contributed by atoms with van der Waals surface area (Å²) in [6.45, 7) is 14.6. The van der Waals surface area contributed by atoms with E-state index < -0.39 is 58.3 Å². The van der Waals surface area contributed by atoms with E-state index in [0.717, 1.165) is 48.5 Å². The Balaban J connectivity index is 0.000000161. The largest absolute Gasteiger partial charge is 0.469 e. The molecular weight excluding hydrogens is 2070 g/mol. The smallest absolute Gasteiger partial charge is 0.416 e. The number of esters is 4. The van der Waals surface area contributed by atoms with E-state index in [-0.39, 0.29) is 174 Å². The van der Waals surface area contributed by atoms with E-state index in [2.05, 4.69) is 0 Å². The van der Waals surface area contributed by atoms with E-state index in [1.807, 2.05) is 24.3 Å². The Morgan fingerprint density at radius 1 is 0.368 bits per heavy atom. The molecule has 4 aliphatic rings. The zero-order valence-corrected chi connectivity index (χ0v) is 86.0. The van der Waals surface area contributed by atoms with E-state index in [4.69, 9.17) is 116 Å². The fourth-order valence-corrected chi connectivity index (χ4v) is 20.7. The summed E-state index contributed by atoms with van der Waals surface area (Å²) in [5.41, 5.74) is 6.06. The van der Waals surface area contributed by atoms with Gasteiger partial charge in [-0.1, -0.05) is 92.8 Å². The lowest BCUT2D eigenvalue weighted by Gasteiger charge is -2.45. The van der Waals surface area contributed by atoms with Crippen molar-refractivity contribution in [3.63, 3.8) is 0 Å². The molecule has 8 aromatic carbocycles. The van der Waals surface area contributed by atoms with E-state index in [1.165, 1.54) is 36.2 Å². The molecule has 8 heterocycles. The van der Waals surface area contributed by atoms with Crippen molar-refractivity contribution >= 4 is 184 Å². The Hall–Kier alpha value is -10.9. The standard InChI is InChI=1S/C28H29Cl2F3N2O4.C26H25Cl2F3N2O3.C25H23Cl2F3N2O3.C24H21Cl2F3N2O3/c1-4-38-25(36)15-39-19-7-9-35(10-8-19)27(37)20-5-6-23(29)22(26(20)30)14-18-13-21-16(2)11-17(28(31,32)33)12-24(21)34(18)3;1-5-36-24(35)25(3)12-33(13-25)23(34)17-6-7-20(27)19(22(17)28)11-16-10-18-14(2)8-15(26(29,30)31)9-21(18)32(16)4;1-13-8-15(25(28,29)30)9-21-18(13)10-16(31(21)2)11-19-20(26)5-4-17(22(19)27)23(33)32-7-6-14(12-32)24(34)35-3;1-12-6-14(24(27,28)29)7-20-17(12)8-15(30(20)2)9-18-19(25)5-4-16(21(18)26)22(32)31-10-13(11-31)23(33)34-3/h5-6,11-13,19H,4,7-10,14-15H2,1-3H3;6-10H,5,11-13H2,1-4H3;4-5,8-10,14H,6-7,11-12H2,1-3H3;4-8,13H,9-11H2,1-3H3. The number of hydrogen-bond donors (Lipinski definition) is 0. The van der Waals surface area contributed by atoms with Crippen molar-refractivity contribution in [3.8, 4) is 0 Å². The molecule has 0 aliphatic carbocycles. The number of fused-ring (bicyclic) bond motifs is 4. The number of methoxy groups -OCH3 is 2. The monoisotopic (exact) mass is 2160 g/mol. The fraction of sp³-hybridized carbons (Fsp3) is 0.379. The van der Waals surface area contributed by atoms with Gasteiger partial charge in [-0.3, -0.25) is 33.6 Å². The number of nitrogens with zero attached hydrogens (tertiary/aromatic N) is 8. The minimum Gasteiger partial charge on any atom is -0.469 e. The van der Waals surface area contributed by atoms with Crippen molar-refractivity contribution in [1.82, 2.24) is 37.9 Å². The van der Waals surface area contributed by atoms with Crippen LogP contribution in [-0.2, 0) is 121 Å². The summed E-state index contributed by atoms with van der Waals surface area (Å²) >= 11 is 52.4. The minimum absolute atomic E-state index is 0.121. The average Bonchev–Trinajstić information content (AvgIpc) is 1.36. The summed E-state index contributed by atoms with van der Waals surface area (Å²) in [5.74, 6) is -3.46. The molecule has 0 spiro atoms. The van der Waals surface area contributed by atoms with Crippen LogP contribution in [0.5, 0.6) is 0 Å². The number of carbonyl (C=O) groups excluding carboxylic acids is 8. The molecule has 4 saturated heterocycles. The van der Waals surface area contributed by atoms with Gasteiger partial charge in [0.2, 0.25) is 0 Å². The van der Waals surface area contributed by atoms with Crippen LogP contribution < -0.4 is 0 Å². The Morgan fingerprint density at radius 2 is 0.646 bits per heavy atom. The third kappa shape index (κ3) is 23.5. The molecule has 1 atom stereocenters. The number of alkyl halides is 12. The normalized spacial score (nSPS) is 15.1. The van der Waals surface area contributed by atoms with Gasteiger partial charge in [0.1, 0.15) is 12.0 Å². The molecule has 0 saturated carbocycles. The predicted molar refractivity (Wildman–Crippen MR) is 527 cm³/mol. The molecule has 0 radical (unpaired) electrons. The van der Waals surface area contributed by atoms with Crippen molar-refractivity contribution in [3.05, 3.63) is 273 Å². The quantitative estimate of drug-likeness (QED) is 0.0395. The first-order valence-corrected chi connectivity index (χ1v) is 48.3. The zero-order valence-electron chi connectivity index (χ0n) is 80.0. The second-order valence-corrected chi connectivity index (χ2v) is 39.3. The lowest BCUT2D eigenvalue weighted by Crippen LogP contribution is -2.61. The van der Waals surface area contributed by atoms with Gasteiger partial charge in [-0.05, 0) is 234 Å². The predicted octanol–water partition coefficient (Wildman–Crippen LogP) is 24.7. The lowest BCUT2D eigenvalue weighted by molar-refractivity contribution is -0.162.